The Kier molecular flexibility index (Phi) is 3.16. The van der Waals surface area contributed by atoms with Crippen molar-refractivity contribution in [2.75, 3.05) is 13.6 Å². The zero-order chi connectivity index (χ0) is 11.4. The van der Waals surface area contributed by atoms with Gasteiger partial charge >= 0.3 is 0 Å². The third kappa shape index (κ3) is 2.20. The van der Waals surface area contributed by atoms with Crippen LogP contribution in [0.4, 0.5) is 0 Å². The first kappa shape index (κ1) is 10.6. The van der Waals surface area contributed by atoms with Gasteiger partial charge in [0, 0.05) is 6.20 Å². The van der Waals surface area contributed by atoms with Crippen LogP contribution in [-0.2, 0) is 0 Å². The molecule has 0 spiro atoms. The lowest BCUT2D eigenvalue weighted by atomic mass is 10.2. The largest absolute Gasteiger partial charge is 0.319 e. The first-order chi connectivity index (χ1) is 7.81. The van der Waals surface area contributed by atoms with E-state index in [1.54, 1.807) is 4.52 Å². The van der Waals surface area contributed by atoms with Gasteiger partial charge in [-0.3, -0.25) is 4.79 Å². The lowest BCUT2D eigenvalue weighted by Gasteiger charge is -1.90. The zero-order valence-electron chi connectivity index (χ0n) is 9.10. The molecule has 0 saturated heterocycles. The highest BCUT2D eigenvalue weighted by Crippen LogP contribution is 2.06. The smallest absolute Gasteiger partial charge is 0.275 e. The molecular weight excluding hydrogens is 204 g/mol. The second kappa shape index (κ2) is 4.76. The van der Waals surface area contributed by atoms with E-state index in [-0.39, 0.29) is 5.56 Å². The van der Waals surface area contributed by atoms with E-state index in [4.69, 9.17) is 0 Å². The maximum Gasteiger partial charge on any atom is 0.275 e. The van der Waals surface area contributed by atoms with E-state index in [2.05, 4.69) is 21.5 Å². The molecule has 2 aromatic rings. The second-order valence-electron chi connectivity index (χ2n) is 3.52. The van der Waals surface area contributed by atoms with Crippen LogP contribution in [0.2, 0.25) is 0 Å². The molecule has 0 radical (unpaired) electrons. The first-order valence-corrected chi connectivity index (χ1v) is 5.18. The van der Waals surface area contributed by atoms with Crippen LogP contribution >= 0.6 is 0 Å². The highest BCUT2D eigenvalue weighted by Gasteiger charge is 2.00. The Labute approximate surface area is 92.8 Å². The molecule has 0 aliphatic rings. The fraction of sp³-hybridized carbons (Fsp3) is 0.273. The van der Waals surface area contributed by atoms with Gasteiger partial charge in [-0.25, -0.2) is 4.52 Å². The summed E-state index contributed by atoms with van der Waals surface area (Å²) in [6, 6.07) is 1.82. The van der Waals surface area contributed by atoms with E-state index in [1.807, 2.05) is 25.4 Å². The molecule has 0 saturated carbocycles. The van der Waals surface area contributed by atoms with Gasteiger partial charge in [0.15, 0.2) is 0 Å². The average molecular weight is 218 g/mol. The van der Waals surface area contributed by atoms with E-state index < -0.39 is 0 Å². The van der Waals surface area contributed by atoms with Gasteiger partial charge in [-0.05, 0) is 31.6 Å². The van der Waals surface area contributed by atoms with Crippen molar-refractivity contribution in [1.82, 2.24) is 19.9 Å². The van der Waals surface area contributed by atoms with Crippen LogP contribution in [0.15, 0.2) is 29.5 Å². The number of aromatic amines is 1. The lowest BCUT2D eigenvalue weighted by molar-refractivity contribution is 0.809. The van der Waals surface area contributed by atoms with E-state index in [0.717, 1.165) is 18.5 Å². The van der Waals surface area contributed by atoms with E-state index in [9.17, 15) is 4.79 Å². The lowest BCUT2D eigenvalue weighted by Crippen LogP contribution is -2.09. The third-order valence-corrected chi connectivity index (χ3v) is 2.30. The van der Waals surface area contributed by atoms with Crippen LogP contribution in [0, 0.1) is 0 Å². The van der Waals surface area contributed by atoms with Crippen LogP contribution < -0.4 is 10.9 Å². The second-order valence-corrected chi connectivity index (χ2v) is 3.52. The predicted molar refractivity (Wildman–Crippen MR) is 63.4 cm³/mol. The monoisotopic (exact) mass is 218 g/mol. The minimum atomic E-state index is -0.120. The van der Waals surface area contributed by atoms with Gasteiger partial charge < -0.3 is 10.3 Å². The van der Waals surface area contributed by atoms with E-state index in [1.165, 1.54) is 6.33 Å². The molecule has 0 atom stereocenters. The van der Waals surface area contributed by atoms with Gasteiger partial charge in [0.1, 0.15) is 11.8 Å². The van der Waals surface area contributed by atoms with E-state index >= 15 is 0 Å². The van der Waals surface area contributed by atoms with Gasteiger partial charge in [-0.1, -0.05) is 12.2 Å². The summed E-state index contributed by atoms with van der Waals surface area (Å²) >= 11 is 0. The molecule has 0 bridgehead atoms. The Morgan fingerprint density at radius 1 is 1.62 bits per heavy atom. The highest BCUT2D eigenvalue weighted by atomic mass is 16.1. The normalized spacial score (nSPS) is 11.6. The fourth-order valence-corrected chi connectivity index (χ4v) is 1.50. The van der Waals surface area contributed by atoms with Crippen molar-refractivity contribution in [2.24, 2.45) is 0 Å². The van der Waals surface area contributed by atoms with Gasteiger partial charge in [0.2, 0.25) is 0 Å². The summed E-state index contributed by atoms with van der Waals surface area (Å²) < 4.78 is 1.58. The van der Waals surface area contributed by atoms with Crippen molar-refractivity contribution in [3.05, 3.63) is 40.6 Å². The average Bonchev–Trinajstić information content (AvgIpc) is 2.69. The first-order valence-electron chi connectivity index (χ1n) is 5.18. The molecule has 84 valence electrons. The molecule has 2 N–H and O–H groups in total. The molecule has 5 nitrogen and oxygen atoms in total. The van der Waals surface area contributed by atoms with E-state index in [0.29, 0.717) is 5.52 Å². The molecule has 0 aromatic carbocycles. The number of hydrogen-bond donors (Lipinski definition) is 2. The van der Waals surface area contributed by atoms with Gasteiger partial charge in [0.05, 0.1) is 0 Å². The number of hydrogen-bond acceptors (Lipinski definition) is 3. The SMILES string of the molecule is CNCCC=Cc1cc2c(=O)[nH]cnn2c1. The Bertz CT molecular complexity index is 552. The molecule has 2 aromatic heterocycles. The van der Waals surface area contributed by atoms with Crippen LogP contribution in [0.5, 0.6) is 0 Å². The standard InChI is InChI=1S/C11H14N4O/c1-12-5-3-2-4-9-6-10-11(16)13-8-14-15(10)7-9/h2,4,6-8,12H,3,5H2,1H3,(H,13,14,16). The zero-order valence-corrected chi connectivity index (χ0v) is 9.10. The van der Waals surface area contributed by atoms with Crippen molar-refractivity contribution in [3.63, 3.8) is 0 Å². The van der Waals surface area contributed by atoms with Gasteiger partial charge in [-0.2, -0.15) is 5.10 Å². The number of H-pyrrole nitrogens is 1. The molecular formula is C11H14N4O. The van der Waals surface area contributed by atoms with Crippen molar-refractivity contribution in [2.45, 2.75) is 6.42 Å². The summed E-state index contributed by atoms with van der Waals surface area (Å²) in [5.41, 5.74) is 1.43. The molecule has 0 unspecified atom stereocenters. The van der Waals surface area contributed by atoms with Crippen molar-refractivity contribution in [3.8, 4) is 0 Å². The Hall–Kier alpha value is -1.88. The molecule has 16 heavy (non-hydrogen) atoms. The van der Waals surface area contributed by atoms with Crippen LogP contribution in [-0.4, -0.2) is 28.2 Å². The van der Waals surface area contributed by atoms with Crippen molar-refractivity contribution >= 4 is 11.6 Å². The molecule has 0 aliphatic heterocycles. The minimum absolute atomic E-state index is 0.120. The molecule has 5 heteroatoms. The number of rotatable bonds is 4. The summed E-state index contributed by atoms with van der Waals surface area (Å²) in [5.74, 6) is 0. The van der Waals surface area contributed by atoms with Crippen LogP contribution in [0.1, 0.15) is 12.0 Å². The Morgan fingerprint density at radius 3 is 3.25 bits per heavy atom. The number of nitrogens with zero attached hydrogens (tertiary/aromatic N) is 2. The quantitative estimate of drug-likeness (QED) is 0.740. The molecule has 0 fully saturated rings. The molecule has 0 aliphatic carbocycles. The topological polar surface area (TPSA) is 62.2 Å². The Balaban J connectivity index is 2.23. The summed E-state index contributed by atoms with van der Waals surface area (Å²) in [5, 5.41) is 7.09. The van der Waals surface area contributed by atoms with Gasteiger partial charge in [-0.15, -0.1) is 0 Å². The molecule has 0 amide bonds. The predicted octanol–water partition coefficient (Wildman–Crippen LogP) is 0.645. The summed E-state index contributed by atoms with van der Waals surface area (Å²) in [4.78, 5) is 14.0. The summed E-state index contributed by atoms with van der Waals surface area (Å²) in [6.07, 6.45) is 8.25. The molecule has 2 rings (SSSR count). The third-order valence-electron chi connectivity index (χ3n) is 2.30. The maximum atomic E-state index is 11.4. The highest BCUT2D eigenvalue weighted by molar-refractivity contribution is 5.58. The van der Waals surface area contributed by atoms with Crippen LogP contribution in [0.3, 0.4) is 0 Å². The minimum Gasteiger partial charge on any atom is -0.319 e. The molecule has 2 heterocycles. The summed E-state index contributed by atoms with van der Waals surface area (Å²) in [6.45, 7) is 0.947. The number of nitrogens with one attached hydrogen (secondary N) is 2. The van der Waals surface area contributed by atoms with Crippen molar-refractivity contribution < 1.29 is 0 Å². The fourth-order valence-electron chi connectivity index (χ4n) is 1.50. The van der Waals surface area contributed by atoms with Crippen molar-refractivity contribution in [1.29, 1.82) is 0 Å². The number of aromatic nitrogens is 3. The van der Waals surface area contributed by atoms with Gasteiger partial charge in [0.25, 0.3) is 5.56 Å². The number of fused-ring (bicyclic) bond motifs is 1. The van der Waals surface area contributed by atoms with Crippen LogP contribution in [0.25, 0.3) is 11.6 Å². The maximum absolute atomic E-state index is 11.4. The summed E-state index contributed by atoms with van der Waals surface area (Å²) in [7, 11) is 1.92. The Morgan fingerprint density at radius 2 is 2.50 bits per heavy atom.